The largest absolute Gasteiger partial charge is 0.497 e. The van der Waals surface area contributed by atoms with Gasteiger partial charge in [-0.25, -0.2) is 0 Å². The van der Waals surface area contributed by atoms with Crippen molar-refractivity contribution in [1.82, 2.24) is 21.3 Å². The molecule has 0 fully saturated rings. The van der Waals surface area contributed by atoms with Crippen molar-refractivity contribution in [3.8, 4) is 11.5 Å². The van der Waals surface area contributed by atoms with E-state index >= 15 is 0 Å². The van der Waals surface area contributed by atoms with Crippen LogP contribution in [0.3, 0.4) is 0 Å². The van der Waals surface area contributed by atoms with E-state index < -0.39 is 23.6 Å². The van der Waals surface area contributed by atoms with Crippen LogP contribution in [0.2, 0.25) is 0 Å². The Hall–Kier alpha value is -6.16. The van der Waals surface area contributed by atoms with Crippen molar-refractivity contribution >= 4 is 35.8 Å². The summed E-state index contributed by atoms with van der Waals surface area (Å²) in [5, 5.41) is 10.8. The van der Waals surface area contributed by atoms with Crippen molar-refractivity contribution in [2.45, 2.75) is 0 Å². The van der Waals surface area contributed by atoms with Crippen LogP contribution in [0.1, 0.15) is 31.8 Å². The molecule has 0 saturated heterocycles. The lowest BCUT2D eigenvalue weighted by Crippen LogP contribution is -2.41. The fourth-order valence-electron chi connectivity index (χ4n) is 4.16. The quantitative estimate of drug-likeness (QED) is 0.131. The molecule has 46 heavy (non-hydrogen) atoms. The van der Waals surface area contributed by atoms with Gasteiger partial charge in [-0.3, -0.25) is 19.2 Å². The molecule has 4 aromatic rings. The van der Waals surface area contributed by atoms with Crippen molar-refractivity contribution in [2.75, 3.05) is 27.3 Å². The second-order valence-electron chi connectivity index (χ2n) is 9.81. The fraction of sp³-hybridized carbons (Fsp3) is 0.111. The molecule has 4 amide bonds. The van der Waals surface area contributed by atoms with E-state index in [0.717, 1.165) is 0 Å². The van der Waals surface area contributed by atoms with Gasteiger partial charge < -0.3 is 30.7 Å². The zero-order chi connectivity index (χ0) is 32.7. The molecule has 0 aromatic heterocycles. The Labute approximate surface area is 267 Å². The van der Waals surface area contributed by atoms with Gasteiger partial charge in [-0.05, 0) is 71.8 Å². The van der Waals surface area contributed by atoms with Gasteiger partial charge in [0.2, 0.25) is 0 Å². The molecule has 0 aliphatic rings. The molecule has 0 spiro atoms. The second kappa shape index (κ2) is 16.6. The van der Waals surface area contributed by atoms with E-state index in [2.05, 4.69) is 21.3 Å². The Morgan fingerprint density at radius 2 is 0.870 bits per heavy atom. The molecule has 0 aliphatic carbocycles. The first kappa shape index (κ1) is 32.7. The smallest absolute Gasteiger partial charge is 0.267 e. The first-order valence-electron chi connectivity index (χ1n) is 14.4. The standard InChI is InChI=1S/C36H34N4O6/c1-45-29-17-13-25(14-18-29)23-31(39-33(41)27-9-5-3-6-10-27)35(43)37-21-22-38-36(44)32(24-26-15-19-30(46-2)20-16-26)40-34(42)28-11-7-4-8-12-28/h3-20,23-24H,21-22H2,1-2H3,(H,37,43)(H,38,44)(H,39,41)(H,40,42)/b31-23-,32-24-. The van der Waals surface area contributed by atoms with Crippen LogP contribution in [0, 0.1) is 0 Å². The number of methoxy groups -OCH3 is 2. The van der Waals surface area contributed by atoms with Gasteiger partial charge in [0, 0.05) is 24.2 Å². The predicted molar refractivity (Wildman–Crippen MR) is 176 cm³/mol. The molecule has 0 saturated carbocycles. The normalized spacial score (nSPS) is 11.2. The minimum atomic E-state index is -0.555. The number of ether oxygens (including phenoxy) is 2. The van der Waals surface area contributed by atoms with E-state index in [0.29, 0.717) is 33.8 Å². The third-order valence-corrected chi connectivity index (χ3v) is 6.61. The highest BCUT2D eigenvalue weighted by Crippen LogP contribution is 2.15. The summed E-state index contributed by atoms with van der Waals surface area (Å²) in [4.78, 5) is 52.1. The summed E-state index contributed by atoms with van der Waals surface area (Å²) in [6, 6.07) is 31.0. The van der Waals surface area contributed by atoms with E-state index in [1.165, 1.54) is 0 Å². The van der Waals surface area contributed by atoms with Gasteiger partial charge in [-0.2, -0.15) is 0 Å². The molecular formula is C36H34N4O6. The first-order valence-corrected chi connectivity index (χ1v) is 14.4. The summed E-state index contributed by atoms with van der Waals surface area (Å²) in [7, 11) is 3.11. The van der Waals surface area contributed by atoms with Gasteiger partial charge in [0.1, 0.15) is 22.9 Å². The topological polar surface area (TPSA) is 135 Å². The minimum absolute atomic E-state index is 0.0144. The maximum atomic E-state index is 13.2. The van der Waals surface area contributed by atoms with E-state index in [1.807, 2.05) is 0 Å². The van der Waals surface area contributed by atoms with Gasteiger partial charge in [-0.15, -0.1) is 0 Å². The van der Waals surface area contributed by atoms with Gasteiger partial charge in [0.05, 0.1) is 14.2 Å². The maximum Gasteiger partial charge on any atom is 0.267 e. The zero-order valence-electron chi connectivity index (χ0n) is 25.4. The molecule has 0 heterocycles. The molecule has 10 heteroatoms. The number of carbonyl (C=O) groups excluding carboxylic acids is 4. The molecule has 0 aliphatic heterocycles. The van der Waals surface area contributed by atoms with Crippen LogP contribution in [0.5, 0.6) is 11.5 Å². The highest BCUT2D eigenvalue weighted by molar-refractivity contribution is 6.06. The lowest BCUT2D eigenvalue weighted by Gasteiger charge is -2.13. The number of hydrogen-bond acceptors (Lipinski definition) is 6. The maximum absolute atomic E-state index is 13.2. The lowest BCUT2D eigenvalue weighted by molar-refractivity contribution is -0.119. The number of nitrogens with one attached hydrogen (secondary N) is 4. The van der Waals surface area contributed by atoms with Crippen molar-refractivity contribution in [3.63, 3.8) is 0 Å². The summed E-state index contributed by atoms with van der Waals surface area (Å²) in [5.74, 6) is -0.723. The Morgan fingerprint density at radius 3 is 1.20 bits per heavy atom. The van der Waals surface area contributed by atoms with Crippen molar-refractivity contribution in [1.29, 1.82) is 0 Å². The SMILES string of the molecule is COc1ccc(/C=C(\NC(=O)c2ccccc2)C(=O)NCCNC(=O)/C(=C/c2ccc(OC)cc2)NC(=O)c2ccccc2)cc1. The van der Waals surface area contributed by atoms with Crippen molar-refractivity contribution in [2.24, 2.45) is 0 Å². The van der Waals surface area contributed by atoms with Crippen LogP contribution < -0.4 is 30.7 Å². The van der Waals surface area contributed by atoms with E-state index in [-0.39, 0.29) is 24.5 Å². The van der Waals surface area contributed by atoms with Gasteiger partial charge in [-0.1, -0.05) is 60.7 Å². The van der Waals surface area contributed by atoms with Crippen LogP contribution in [0.4, 0.5) is 0 Å². The Morgan fingerprint density at radius 1 is 0.522 bits per heavy atom. The molecular weight excluding hydrogens is 584 g/mol. The van der Waals surface area contributed by atoms with Crippen LogP contribution >= 0.6 is 0 Å². The molecule has 234 valence electrons. The lowest BCUT2D eigenvalue weighted by atomic mass is 10.1. The Kier molecular flexibility index (Phi) is 11.8. The zero-order valence-corrected chi connectivity index (χ0v) is 25.4. The summed E-state index contributed by atoms with van der Waals surface area (Å²) < 4.78 is 10.4. The molecule has 10 nitrogen and oxygen atoms in total. The first-order chi connectivity index (χ1) is 22.4. The third-order valence-electron chi connectivity index (χ3n) is 6.61. The minimum Gasteiger partial charge on any atom is -0.497 e. The molecule has 0 radical (unpaired) electrons. The van der Waals surface area contributed by atoms with E-state index in [4.69, 9.17) is 9.47 Å². The van der Waals surface area contributed by atoms with Gasteiger partial charge >= 0.3 is 0 Å². The molecule has 0 bridgehead atoms. The summed E-state index contributed by atoms with van der Waals surface area (Å²) in [6.07, 6.45) is 3.09. The van der Waals surface area contributed by atoms with Gasteiger partial charge in [0.15, 0.2) is 0 Å². The molecule has 0 atom stereocenters. The summed E-state index contributed by atoms with van der Waals surface area (Å²) in [5.41, 5.74) is 2.13. The van der Waals surface area contributed by atoms with Crippen LogP contribution in [-0.2, 0) is 9.59 Å². The number of hydrogen-bond donors (Lipinski definition) is 4. The average molecular weight is 619 g/mol. The van der Waals surface area contributed by atoms with Gasteiger partial charge in [0.25, 0.3) is 23.6 Å². The molecule has 4 rings (SSSR count). The Bertz CT molecular complexity index is 1570. The average Bonchev–Trinajstić information content (AvgIpc) is 3.10. The van der Waals surface area contributed by atoms with Crippen LogP contribution in [0.25, 0.3) is 12.2 Å². The van der Waals surface area contributed by atoms with Crippen LogP contribution in [-0.4, -0.2) is 50.9 Å². The molecule has 0 unspecified atom stereocenters. The number of carbonyl (C=O) groups is 4. The monoisotopic (exact) mass is 618 g/mol. The van der Waals surface area contributed by atoms with Crippen molar-refractivity contribution in [3.05, 3.63) is 143 Å². The number of amides is 4. The second-order valence-corrected chi connectivity index (χ2v) is 9.81. The van der Waals surface area contributed by atoms with E-state index in [1.54, 1.807) is 136 Å². The summed E-state index contributed by atoms with van der Waals surface area (Å²) >= 11 is 0. The van der Waals surface area contributed by atoms with Crippen molar-refractivity contribution < 1.29 is 28.7 Å². The highest BCUT2D eigenvalue weighted by atomic mass is 16.5. The Balaban J connectivity index is 1.43. The molecule has 4 N–H and O–H groups in total. The fourth-order valence-corrected chi connectivity index (χ4v) is 4.16. The molecule has 4 aromatic carbocycles. The number of benzene rings is 4. The third kappa shape index (κ3) is 9.68. The highest BCUT2D eigenvalue weighted by Gasteiger charge is 2.17. The number of rotatable bonds is 13. The predicted octanol–water partition coefficient (Wildman–Crippen LogP) is 4.18. The summed E-state index contributed by atoms with van der Waals surface area (Å²) in [6.45, 7) is 0.0718. The van der Waals surface area contributed by atoms with Crippen LogP contribution in [0.15, 0.2) is 121 Å². The van der Waals surface area contributed by atoms with E-state index in [9.17, 15) is 19.2 Å².